The summed E-state index contributed by atoms with van der Waals surface area (Å²) in [4.78, 5) is 0. The maximum Gasteiger partial charge on any atom is 0.231 e. The van der Waals surface area contributed by atoms with Crippen LogP contribution in [0.2, 0.25) is 0 Å². The van der Waals surface area contributed by atoms with E-state index in [1.807, 2.05) is 18.3 Å². The highest BCUT2D eigenvalue weighted by Crippen LogP contribution is 2.42. The van der Waals surface area contributed by atoms with Gasteiger partial charge >= 0.3 is 0 Å². The maximum atomic E-state index is 5.41. The molecule has 0 spiro atoms. The van der Waals surface area contributed by atoms with Gasteiger partial charge in [-0.15, -0.1) is 0 Å². The lowest BCUT2D eigenvalue weighted by Gasteiger charge is -2.09. The number of hydrogen-bond donors (Lipinski definition) is 0. The molecule has 1 aliphatic heterocycles. The minimum absolute atomic E-state index is 0.325. The Bertz CT molecular complexity index is 569. The van der Waals surface area contributed by atoms with E-state index in [9.17, 15) is 0 Å². The second-order valence-electron chi connectivity index (χ2n) is 4.55. The van der Waals surface area contributed by atoms with Gasteiger partial charge in [0.15, 0.2) is 11.5 Å². The van der Waals surface area contributed by atoms with Crippen LogP contribution in [0, 0.1) is 6.07 Å². The minimum atomic E-state index is 0.325. The highest BCUT2D eigenvalue weighted by molar-refractivity contribution is 5.51. The summed E-state index contributed by atoms with van der Waals surface area (Å²) >= 11 is 0. The molecule has 1 aromatic heterocycles. The fourth-order valence-electron chi connectivity index (χ4n) is 2.29. The molecule has 0 atom stereocenters. The molecule has 3 heteroatoms. The average Bonchev–Trinajstić information content (AvgIpc) is 2.93. The van der Waals surface area contributed by atoms with Gasteiger partial charge in [0.1, 0.15) is 0 Å². The smallest absolute Gasteiger partial charge is 0.231 e. The topological polar surface area (TPSA) is 23.4 Å². The standard InChI is InChI=1S/C14H12NO2/c1-2-12(10-3-4-10)15(7-1)11-5-6-13-14(8-11)17-9-16-13/h2,5-8,10H,3-4,9H2. The lowest BCUT2D eigenvalue weighted by Crippen LogP contribution is -1.97. The highest BCUT2D eigenvalue weighted by atomic mass is 16.7. The van der Waals surface area contributed by atoms with Gasteiger partial charge < -0.3 is 14.0 Å². The average molecular weight is 226 g/mol. The van der Waals surface area contributed by atoms with Crippen LogP contribution in [0.3, 0.4) is 0 Å². The van der Waals surface area contributed by atoms with Crippen LogP contribution in [0.4, 0.5) is 0 Å². The third-order valence-electron chi connectivity index (χ3n) is 3.34. The monoisotopic (exact) mass is 226 g/mol. The number of fused-ring (bicyclic) bond motifs is 1. The summed E-state index contributed by atoms with van der Waals surface area (Å²) in [6.07, 6.45) is 4.58. The van der Waals surface area contributed by atoms with Crippen molar-refractivity contribution in [1.29, 1.82) is 0 Å². The summed E-state index contributed by atoms with van der Waals surface area (Å²) in [5.41, 5.74) is 2.47. The van der Waals surface area contributed by atoms with E-state index in [0.717, 1.165) is 17.2 Å². The Morgan fingerprint density at radius 3 is 2.94 bits per heavy atom. The zero-order chi connectivity index (χ0) is 11.2. The summed E-state index contributed by atoms with van der Waals surface area (Å²) in [6, 6.07) is 11.3. The molecule has 0 bridgehead atoms. The maximum absolute atomic E-state index is 5.41. The fraction of sp³-hybridized carbons (Fsp3) is 0.286. The van der Waals surface area contributed by atoms with E-state index >= 15 is 0 Å². The molecule has 2 heterocycles. The van der Waals surface area contributed by atoms with Crippen LogP contribution in [-0.2, 0) is 0 Å². The zero-order valence-electron chi connectivity index (χ0n) is 9.35. The number of nitrogens with zero attached hydrogens (tertiary/aromatic N) is 1. The molecule has 1 aromatic carbocycles. The second-order valence-corrected chi connectivity index (χ2v) is 4.55. The van der Waals surface area contributed by atoms with Gasteiger partial charge in [-0.25, -0.2) is 0 Å². The third kappa shape index (κ3) is 1.42. The van der Waals surface area contributed by atoms with Crippen molar-refractivity contribution < 1.29 is 9.47 Å². The van der Waals surface area contributed by atoms with Crippen LogP contribution < -0.4 is 9.47 Å². The van der Waals surface area contributed by atoms with Crippen molar-refractivity contribution in [3.63, 3.8) is 0 Å². The predicted octanol–water partition coefficient (Wildman–Crippen LogP) is 2.88. The molecule has 4 rings (SSSR count). The van der Waals surface area contributed by atoms with Crippen molar-refractivity contribution in [2.45, 2.75) is 18.8 Å². The molecule has 2 aromatic rings. The van der Waals surface area contributed by atoms with Crippen molar-refractivity contribution in [1.82, 2.24) is 4.57 Å². The zero-order valence-corrected chi connectivity index (χ0v) is 9.35. The van der Waals surface area contributed by atoms with Crippen molar-refractivity contribution >= 4 is 0 Å². The van der Waals surface area contributed by atoms with Crippen LogP contribution in [0.1, 0.15) is 24.5 Å². The molecule has 0 amide bonds. The van der Waals surface area contributed by atoms with Crippen molar-refractivity contribution in [3.8, 4) is 17.2 Å². The summed E-state index contributed by atoms with van der Waals surface area (Å²) in [5, 5.41) is 0. The van der Waals surface area contributed by atoms with Gasteiger partial charge in [0.25, 0.3) is 0 Å². The van der Waals surface area contributed by atoms with Gasteiger partial charge in [0, 0.05) is 29.7 Å². The van der Waals surface area contributed by atoms with E-state index in [1.54, 1.807) is 0 Å². The quantitative estimate of drug-likeness (QED) is 0.786. The van der Waals surface area contributed by atoms with Crippen LogP contribution in [-0.4, -0.2) is 11.4 Å². The number of hydrogen-bond acceptors (Lipinski definition) is 2. The Hall–Kier alpha value is -1.90. The van der Waals surface area contributed by atoms with E-state index < -0.39 is 0 Å². The molecular formula is C14H12NO2. The third-order valence-corrected chi connectivity index (χ3v) is 3.34. The van der Waals surface area contributed by atoms with E-state index in [2.05, 4.69) is 22.8 Å². The summed E-state index contributed by atoms with van der Waals surface area (Å²) in [5.74, 6) is 2.38. The number of benzene rings is 1. The van der Waals surface area contributed by atoms with E-state index in [0.29, 0.717) is 12.7 Å². The molecule has 0 unspecified atom stereocenters. The van der Waals surface area contributed by atoms with Crippen LogP contribution in [0.15, 0.2) is 30.5 Å². The predicted molar refractivity (Wildman–Crippen MR) is 62.7 cm³/mol. The first kappa shape index (κ1) is 9.16. The highest BCUT2D eigenvalue weighted by Gasteiger charge is 2.27. The lowest BCUT2D eigenvalue weighted by molar-refractivity contribution is 0.174. The first-order chi connectivity index (χ1) is 8.42. The Labute approximate surface area is 99.6 Å². The lowest BCUT2D eigenvalue weighted by atomic mass is 10.2. The molecule has 3 nitrogen and oxygen atoms in total. The summed E-state index contributed by atoms with van der Waals surface area (Å²) < 4.78 is 12.9. The number of ether oxygens (including phenoxy) is 2. The van der Waals surface area contributed by atoms with Gasteiger partial charge in [0.2, 0.25) is 6.79 Å². The van der Waals surface area contributed by atoms with E-state index in [1.165, 1.54) is 18.5 Å². The van der Waals surface area contributed by atoms with Crippen molar-refractivity contribution in [3.05, 3.63) is 42.2 Å². The first-order valence-electron chi connectivity index (χ1n) is 5.90. The molecule has 0 saturated heterocycles. The van der Waals surface area contributed by atoms with E-state index in [-0.39, 0.29) is 0 Å². The molecule has 17 heavy (non-hydrogen) atoms. The van der Waals surface area contributed by atoms with E-state index in [4.69, 9.17) is 9.47 Å². The molecular weight excluding hydrogens is 214 g/mol. The molecule has 2 aliphatic rings. The Balaban J connectivity index is 1.80. The molecule has 1 saturated carbocycles. The molecule has 1 fully saturated rings. The van der Waals surface area contributed by atoms with Crippen LogP contribution in [0.5, 0.6) is 11.5 Å². The van der Waals surface area contributed by atoms with Crippen molar-refractivity contribution in [2.24, 2.45) is 0 Å². The summed E-state index contributed by atoms with van der Waals surface area (Å²) in [6.45, 7) is 0.325. The number of aromatic nitrogens is 1. The fourth-order valence-corrected chi connectivity index (χ4v) is 2.29. The SMILES string of the molecule is [c]1cc(C2CC2)n(-c2ccc3c(c2)OCO3)c1. The largest absolute Gasteiger partial charge is 0.454 e. The number of rotatable bonds is 2. The molecule has 1 radical (unpaired) electrons. The molecule has 1 aliphatic carbocycles. The van der Waals surface area contributed by atoms with Gasteiger partial charge in [0.05, 0.1) is 0 Å². The summed E-state index contributed by atoms with van der Waals surface area (Å²) in [7, 11) is 0. The molecule has 0 N–H and O–H groups in total. The van der Waals surface area contributed by atoms with Gasteiger partial charge in [-0.3, -0.25) is 0 Å². The Morgan fingerprint density at radius 1 is 1.18 bits per heavy atom. The first-order valence-corrected chi connectivity index (χ1v) is 5.90. The van der Waals surface area contributed by atoms with Gasteiger partial charge in [-0.05, 0) is 37.0 Å². The van der Waals surface area contributed by atoms with Crippen LogP contribution in [0.25, 0.3) is 5.69 Å². The van der Waals surface area contributed by atoms with Crippen LogP contribution >= 0.6 is 0 Å². The van der Waals surface area contributed by atoms with Gasteiger partial charge in [-0.2, -0.15) is 0 Å². The second kappa shape index (κ2) is 3.29. The normalized spacial score (nSPS) is 17.4. The van der Waals surface area contributed by atoms with Crippen molar-refractivity contribution in [2.75, 3.05) is 6.79 Å². The minimum Gasteiger partial charge on any atom is -0.454 e. The Morgan fingerprint density at radius 2 is 2.06 bits per heavy atom. The van der Waals surface area contributed by atoms with Gasteiger partial charge in [-0.1, -0.05) is 0 Å². The Kier molecular flexibility index (Phi) is 1.78. The molecule has 85 valence electrons.